The van der Waals surface area contributed by atoms with E-state index < -0.39 is 29.2 Å². The van der Waals surface area contributed by atoms with Gasteiger partial charge in [0.25, 0.3) is 5.88 Å². The molecule has 1 aromatic heterocycles. The van der Waals surface area contributed by atoms with Crippen molar-refractivity contribution in [1.82, 2.24) is 4.73 Å². The van der Waals surface area contributed by atoms with Crippen molar-refractivity contribution in [2.45, 2.75) is 0 Å². The van der Waals surface area contributed by atoms with Crippen molar-refractivity contribution in [3.05, 3.63) is 40.3 Å². The van der Waals surface area contributed by atoms with Crippen LogP contribution < -0.4 is 4.84 Å². The topological polar surface area (TPSA) is 161 Å². The predicted molar refractivity (Wildman–Crippen MR) is 67.2 cm³/mol. The van der Waals surface area contributed by atoms with Crippen molar-refractivity contribution in [3.8, 4) is 23.3 Å². The molecule has 108 valence electrons. The van der Waals surface area contributed by atoms with Gasteiger partial charge in [-0.3, -0.25) is 0 Å². The molecule has 1 heterocycles. The molecule has 0 spiro atoms. The number of benzene rings is 1. The largest absolute Gasteiger partial charge is 0.507 e. The molecular weight excluding hydrogens is 284 g/mol. The van der Waals surface area contributed by atoms with Crippen LogP contribution in [-0.2, 0) is 0 Å². The molecule has 0 fully saturated rings. The minimum atomic E-state index is -1.12. The molecule has 0 aliphatic rings. The molecular formula is C11H8N4O6. The van der Waals surface area contributed by atoms with Gasteiger partial charge < -0.3 is 25.3 Å². The highest BCUT2D eigenvalue weighted by Gasteiger charge is 2.20. The summed E-state index contributed by atoms with van der Waals surface area (Å²) in [5.41, 5.74) is 8.02. The SMILES string of the molecule is [N-]=[N+]=Nc1ccc(C(=O)On2c(O)cc(O)c2O)c(O)c1. The summed E-state index contributed by atoms with van der Waals surface area (Å²) in [5, 5.41) is 40.7. The van der Waals surface area contributed by atoms with E-state index in [1.165, 1.54) is 6.07 Å². The number of aromatic nitrogens is 1. The zero-order valence-electron chi connectivity index (χ0n) is 10.2. The van der Waals surface area contributed by atoms with Gasteiger partial charge >= 0.3 is 5.97 Å². The average molecular weight is 292 g/mol. The first-order valence-corrected chi connectivity index (χ1v) is 5.37. The van der Waals surface area contributed by atoms with Gasteiger partial charge in [0.1, 0.15) is 11.3 Å². The number of hydrogen-bond donors (Lipinski definition) is 4. The van der Waals surface area contributed by atoms with Crippen LogP contribution in [0.3, 0.4) is 0 Å². The summed E-state index contributed by atoms with van der Waals surface area (Å²) >= 11 is 0. The number of carbonyl (C=O) groups excluding carboxylic acids is 1. The van der Waals surface area contributed by atoms with E-state index in [0.717, 1.165) is 18.2 Å². The van der Waals surface area contributed by atoms with Gasteiger partial charge in [0.05, 0.1) is 0 Å². The highest BCUT2D eigenvalue weighted by molar-refractivity contribution is 5.93. The number of phenols is 1. The van der Waals surface area contributed by atoms with Crippen LogP contribution in [-0.4, -0.2) is 31.1 Å². The molecule has 0 unspecified atom stereocenters. The molecule has 10 nitrogen and oxygen atoms in total. The van der Waals surface area contributed by atoms with Crippen molar-refractivity contribution in [1.29, 1.82) is 0 Å². The van der Waals surface area contributed by atoms with Crippen LogP contribution in [0.15, 0.2) is 29.4 Å². The molecule has 2 rings (SSSR count). The first-order chi connectivity index (χ1) is 9.93. The van der Waals surface area contributed by atoms with Crippen molar-refractivity contribution < 1.29 is 30.1 Å². The lowest BCUT2D eigenvalue weighted by Crippen LogP contribution is -2.19. The average Bonchev–Trinajstić information content (AvgIpc) is 2.66. The Kier molecular flexibility index (Phi) is 3.46. The Morgan fingerprint density at radius 1 is 1.19 bits per heavy atom. The Labute approximate surface area is 116 Å². The number of aromatic hydroxyl groups is 4. The van der Waals surface area contributed by atoms with E-state index in [4.69, 9.17) is 10.6 Å². The van der Waals surface area contributed by atoms with Crippen LogP contribution in [0.4, 0.5) is 5.69 Å². The Morgan fingerprint density at radius 3 is 2.43 bits per heavy atom. The molecule has 2 aromatic rings. The van der Waals surface area contributed by atoms with Gasteiger partial charge in [-0.15, -0.1) is 4.73 Å². The van der Waals surface area contributed by atoms with Crippen LogP contribution in [0, 0.1) is 0 Å². The van der Waals surface area contributed by atoms with E-state index in [0.29, 0.717) is 0 Å². The fraction of sp³-hybridized carbons (Fsp3) is 0. The third-order valence-corrected chi connectivity index (χ3v) is 2.43. The van der Waals surface area contributed by atoms with E-state index in [9.17, 15) is 20.1 Å². The lowest BCUT2D eigenvalue weighted by atomic mass is 10.2. The number of carbonyl (C=O) groups is 1. The second-order valence-electron chi connectivity index (χ2n) is 3.78. The Bertz CT molecular complexity index is 762. The van der Waals surface area contributed by atoms with Crippen LogP contribution in [0.25, 0.3) is 10.4 Å². The second-order valence-corrected chi connectivity index (χ2v) is 3.78. The number of hydrogen-bond acceptors (Lipinski definition) is 7. The van der Waals surface area contributed by atoms with Crippen molar-refractivity contribution in [2.24, 2.45) is 5.11 Å². The molecule has 0 bridgehead atoms. The van der Waals surface area contributed by atoms with Gasteiger partial charge in [-0.2, -0.15) is 0 Å². The lowest BCUT2D eigenvalue weighted by molar-refractivity contribution is 0.0376. The Morgan fingerprint density at radius 2 is 1.90 bits per heavy atom. The summed E-state index contributed by atoms with van der Waals surface area (Å²) in [4.78, 5) is 18.9. The molecule has 0 aliphatic carbocycles. The summed E-state index contributed by atoms with van der Waals surface area (Å²) in [7, 11) is 0. The van der Waals surface area contributed by atoms with Gasteiger partial charge in [-0.05, 0) is 17.7 Å². The molecule has 0 aliphatic heterocycles. The number of nitrogens with zero attached hydrogens (tertiary/aromatic N) is 4. The van der Waals surface area contributed by atoms with Crippen LogP contribution in [0.1, 0.15) is 10.4 Å². The minimum absolute atomic E-state index is 0.0795. The van der Waals surface area contributed by atoms with E-state index >= 15 is 0 Å². The van der Waals surface area contributed by atoms with E-state index in [2.05, 4.69) is 14.9 Å². The Hall–Kier alpha value is -3.52. The fourth-order valence-electron chi connectivity index (χ4n) is 1.49. The molecule has 0 saturated carbocycles. The van der Waals surface area contributed by atoms with Gasteiger partial charge in [-0.1, -0.05) is 11.2 Å². The van der Waals surface area contributed by atoms with Crippen LogP contribution >= 0.6 is 0 Å². The molecule has 0 radical (unpaired) electrons. The minimum Gasteiger partial charge on any atom is -0.507 e. The monoisotopic (exact) mass is 292 g/mol. The normalized spacial score (nSPS) is 9.90. The molecule has 21 heavy (non-hydrogen) atoms. The molecule has 1 aromatic carbocycles. The number of phenolic OH excluding ortho intramolecular Hbond substituents is 1. The standard InChI is InChI=1S/C11H8N4O6/c12-14-13-5-1-2-6(7(16)3-5)11(20)21-15-9(18)4-8(17)10(15)19/h1-4,16-19H. The first kappa shape index (κ1) is 13.9. The summed E-state index contributed by atoms with van der Waals surface area (Å²) in [6.45, 7) is 0. The molecule has 0 atom stereocenters. The summed E-state index contributed by atoms with van der Waals surface area (Å²) in [6, 6.07) is 4.17. The molecule has 4 N–H and O–H groups in total. The summed E-state index contributed by atoms with van der Waals surface area (Å²) in [6.07, 6.45) is 0. The maximum Gasteiger partial charge on any atom is 0.367 e. The van der Waals surface area contributed by atoms with Gasteiger partial charge in [-0.25, -0.2) is 4.79 Å². The lowest BCUT2D eigenvalue weighted by Gasteiger charge is -2.08. The van der Waals surface area contributed by atoms with Gasteiger partial charge in [0, 0.05) is 16.7 Å². The number of rotatable bonds is 3. The highest BCUT2D eigenvalue weighted by atomic mass is 16.7. The fourth-order valence-corrected chi connectivity index (χ4v) is 1.49. The third kappa shape index (κ3) is 2.60. The third-order valence-electron chi connectivity index (χ3n) is 2.43. The molecule has 0 amide bonds. The van der Waals surface area contributed by atoms with E-state index in [1.54, 1.807) is 0 Å². The molecule has 10 heteroatoms. The zero-order valence-corrected chi connectivity index (χ0v) is 10.2. The first-order valence-electron chi connectivity index (χ1n) is 5.37. The second kappa shape index (κ2) is 5.23. The zero-order chi connectivity index (χ0) is 15.6. The van der Waals surface area contributed by atoms with E-state index in [-0.39, 0.29) is 16.0 Å². The highest BCUT2D eigenvalue weighted by Crippen LogP contribution is 2.32. The maximum atomic E-state index is 11.8. The van der Waals surface area contributed by atoms with Crippen LogP contribution in [0.2, 0.25) is 0 Å². The van der Waals surface area contributed by atoms with Gasteiger partial charge in [0.2, 0.25) is 5.88 Å². The number of azide groups is 1. The van der Waals surface area contributed by atoms with Crippen molar-refractivity contribution in [2.75, 3.05) is 0 Å². The Balaban J connectivity index is 2.30. The van der Waals surface area contributed by atoms with Gasteiger partial charge in [0.15, 0.2) is 5.75 Å². The molecule has 0 saturated heterocycles. The van der Waals surface area contributed by atoms with Crippen molar-refractivity contribution >= 4 is 11.7 Å². The smallest absolute Gasteiger partial charge is 0.367 e. The van der Waals surface area contributed by atoms with E-state index in [1.807, 2.05) is 0 Å². The summed E-state index contributed by atoms with van der Waals surface area (Å²) in [5.74, 6) is -3.95. The predicted octanol–water partition coefficient (Wildman–Crippen LogP) is 1.52. The van der Waals surface area contributed by atoms with Crippen molar-refractivity contribution in [3.63, 3.8) is 0 Å². The quantitative estimate of drug-likeness (QED) is 0.381. The van der Waals surface area contributed by atoms with Crippen LogP contribution in [0.5, 0.6) is 23.3 Å². The maximum absolute atomic E-state index is 11.8. The summed E-state index contributed by atoms with van der Waals surface area (Å²) < 4.78 is 0.276.